The first-order valence-corrected chi connectivity index (χ1v) is 13.1. The van der Waals surface area contributed by atoms with Crippen molar-refractivity contribution in [2.24, 2.45) is 0 Å². The van der Waals surface area contributed by atoms with Gasteiger partial charge in [-0.05, 0) is 88.3 Å². The van der Waals surface area contributed by atoms with E-state index < -0.39 is 0 Å². The van der Waals surface area contributed by atoms with Crippen LogP contribution >= 0.6 is 22.6 Å². The van der Waals surface area contributed by atoms with Gasteiger partial charge in [0.15, 0.2) is 0 Å². The zero-order valence-corrected chi connectivity index (χ0v) is 23.5. The summed E-state index contributed by atoms with van der Waals surface area (Å²) in [5.74, 6) is 3.13. The van der Waals surface area contributed by atoms with Crippen LogP contribution in [0.3, 0.4) is 0 Å². The van der Waals surface area contributed by atoms with Crippen molar-refractivity contribution in [3.8, 4) is 11.5 Å². The second-order valence-corrected chi connectivity index (χ2v) is 9.95. The fraction of sp³-hybridized carbons (Fsp3) is 0.194. The Morgan fingerprint density at radius 2 is 1.59 bits per heavy atom. The van der Waals surface area contributed by atoms with Crippen molar-refractivity contribution >= 4 is 45.3 Å². The Bertz CT molecular complexity index is 1450. The van der Waals surface area contributed by atoms with Gasteiger partial charge in [0.2, 0.25) is 0 Å². The van der Waals surface area contributed by atoms with Crippen molar-refractivity contribution in [2.75, 3.05) is 33.3 Å². The number of carbonyl (C=O) groups excluding carboxylic acids is 1. The first-order valence-electron chi connectivity index (χ1n) is 12.0. The second-order valence-electron chi connectivity index (χ2n) is 8.71. The molecule has 5 rings (SSSR count). The number of halogens is 1. The summed E-state index contributed by atoms with van der Waals surface area (Å²) in [7, 11) is 6.83. The molecule has 0 bridgehead atoms. The second kappa shape index (κ2) is 10.8. The van der Waals surface area contributed by atoms with Crippen molar-refractivity contribution in [3.05, 3.63) is 110 Å². The Balaban J connectivity index is 1.86. The Hall–Kier alpha value is -3.52. The predicted octanol–water partition coefficient (Wildman–Crippen LogP) is 6.79. The fourth-order valence-electron chi connectivity index (χ4n) is 5.13. The smallest absolute Gasteiger partial charge is 0.354 e. The molecule has 188 valence electrons. The number of ether oxygens (including phenoxy) is 3. The van der Waals surface area contributed by atoms with Gasteiger partial charge in [-0.1, -0.05) is 18.2 Å². The summed E-state index contributed by atoms with van der Waals surface area (Å²) in [4.78, 5) is 2.35. The largest absolute Gasteiger partial charge is 0.496 e. The van der Waals surface area contributed by atoms with Crippen LogP contribution in [0, 0.1) is 3.57 Å². The third kappa shape index (κ3) is 4.66. The van der Waals surface area contributed by atoms with E-state index in [1.54, 1.807) is 28.4 Å². The van der Waals surface area contributed by atoms with Crippen molar-refractivity contribution in [1.82, 2.24) is 0 Å². The number of benzene rings is 3. The molecule has 0 aromatic heterocycles. The van der Waals surface area contributed by atoms with E-state index in [1.807, 2.05) is 30.4 Å². The highest BCUT2D eigenvalue weighted by Gasteiger charge is 2.33. The summed E-state index contributed by atoms with van der Waals surface area (Å²) in [6.45, 7) is 0.647. The van der Waals surface area contributed by atoms with Crippen LogP contribution in [-0.2, 0) is 22.1 Å². The number of allylic oxidation sites excluding steroid dienone is 5. The molecule has 3 aromatic carbocycles. The first kappa shape index (κ1) is 25.1. The summed E-state index contributed by atoms with van der Waals surface area (Å²) < 4.78 is 24.8. The predicted molar refractivity (Wildman–Crippen MR) is 157 cm³/mol. The molecule has 0 N–H and O–H groups in total. The van der Waals surface area contributed by atoms with E-state index in [1.165, 1.54) is 3.57 Å². The molecule has 1 aliphatic heterocycles. The number of hydrogen-bond donors (Lipinski definition) is 0. The van der Waals surface area contributed by atoms with Crippen LogP contribution in [-0.4, -0.2) is 34.2 Å². The highest BCUT2D eigenvalue weighted by molar-refractivity contribution is 14.1. The quantitative estimate of drug-likeness (QED) is 0.186. The van der Waals surface area contributed by atoms with E-state index >= 15 is 0 Å². The van der Waals surface area contributed by atoms with Crippen LogP contribution in [0.2, 0.25) is 0 Å². The number of nitrogens with zero attached hydrogens (tertiary/aromatic N) is 1. The van der Waals surface area contributed by atoms with Gasteiger partial charge in [0.25, 0.3) is 7.11 Å². The molecule has 6 heteroatoms. The van der Waals surface area contributed by atoms with Crippen LogP contribution in [0.15, 0.2) is 90.2 Å². The minimum Gasteiger partial charge on any atom is -0.496 e. The lowest BCUT2D eigenvalue weighted by molar-refractivity contribution is -0.418. The topological polar surface area (TPSA) is 42.2 Å². The van der Waals surface area contributed by atoms with E-state index in [-0.39, 0.29) is 0 Å². The summed E-state index contributed by atoms with van der Waals surface area (Å²) >= 11 is 2.34. The van der Waals surface area contributed by atoms with E-state index in [0.717, 1.165) is 62.3 Å². The molecule has 0 radical (unpaired) electrons. The van der Waals surface area contributed by atoms with Crippen molar-refractivity contribution in [3.63, 3.8) is 0 Å². The summed E-state index contributed by atoms with van der Waals surface area (Å²) in [5, 5.41) is 0. The number of anilines is 2. The Kier molecular flexibility index (Phi) is 7.37. The van der Waals surface area contributed by atoms with Crippen LogP contribution in [0.25, 0.3) is 5.57 Å². The zero-order valence-electron chi connectivity index (χ0n) is 21.4. The highest BCUT2D eigenvalue weighted by atomic mass is 127. The Morgan fingerprint density at radius 3 is 2.30 bits per heavy atom. The van der Waals surface area contributed by atoms with Gasteiger partial charge in [-0.2, -0.15) is 0 Å². The maximum atomic E-state index is 5.96. The summed E-state index contributed by atoms with van der Waals surface area (Å²) in [6.07, 6.45) is 6.48. The lowest BCUT2D eigenvalue weighted by atomic mass is 9.84. The molecule has 0 saturated carbocycles. The molecule has 5 nitrogen and oxygen atoms in total. The minimum atomic E-state index is 0.588. The molecule has 0 fully saturated rings. The van der Waals surface area contributed by atoms with E-state index in [9.17, 15) is 0 Å². The molecule has 0 saturated heterocycles. The first-order chi connectivity index (χ1) is 18.1. The molecule has 1 heterocycles. The van der Waals surface area contributed by atoms with Gasteiger partial charge < -0.3 is 19.1 Å². The van der Waals surface area contributed by atoms with Crippen molar-refractivity contribution in [1.29, 1.82) is 0 Å². The van der Waals surface area contributed by atoms with Crippen LogP contribution in [0.4, 0.5) is 11.4 Å². The van der Waals surface area contributed by atoms with Crippen LogP contribution in [0.5, 0.6) is 11.5 Å². The molecular weight excluding hydrogens is 577 g/mol. The third-order valence-corrected chi connectivity index (χ3v) is 7.52. The molecule has 3 aromatic rings. The lowest BCUT2D eigenvalue weighted by Gasteiger charge is -2.33. The monoisotopic (exact) mass is 606 g/mol. The number of hydrogen-bond acceptors (Lipinski definition) is 4. The molecule has 0 unspecified atom stereocenters. The molecule has 0 spiro atoms. The van der Waals surface area contributed by atoms with Gasteiger partial charge in [0, 0.05) is 45.1 Å². The standard InChI is InChI=1S/C31H29INO4/c1-34-26-10-6-9-25-23(26)18-24(31-28(36-3)12-7-13-29(31)37-4)30-20(8-5-11-27(30)35-2)19-33(25)22-16-14-21(32)15-17-22/h5-17H,18-19H2,1-4H3/q+1. The van der Waals surface area contributed by atoms with Gasteiger partial charge in [0.1, 0.15) is 22.8 Å². The van der Waals surface area contributed by atoms with Crippen molar-refractivity contribution in [2.45, 2.75) is 13.0 Å². The number of fused-ring (bicyclic) bond motifs is 2. The normalized spacial score (nSPS) is 17.9. The molecule has 0 amide bonds. The number of ketones is 1. The molecule has 2 aliphatic rings. The average molecular weight is 606 g/mol. The maximum Gasteiger partial charge on any atom is 0.354 e. The van der Waals surface area contributed by atoms with Gasteiger partial charge >= 0.3 is 5.78 Å². The molecular formula is C31H29INO4+. The fourth-order valence-corrected chi connectivity index (χ4v) is 5.49. The van der Waals surface area contributed by atoms with E-state index in [0.29, 0.717) is 13.0 Å². The van der Waals surface area contributed by atoms with Crippen LogP contribution < -0.4 is 14.4 Å². The van der Waals surface area contributed by atoms with Gasteiger partial charge in [-0.3, -0.25) is 4.42 Å². The third-order valence-electron chi connectivity index (χ3n) is 6.80. The summed E-state index contributed by atoms with van der Waals surface area (Å²) in [6, 6.07) is 21.1. The van der Waals surface area contributed by atoms with Gasteiger partial charge in [0.05, 0.1) is 21.3 Å². The van der Waals surface area contributed by atoms with Crippen LogP contribution in [0.1, 0.15) is 16.7 Å². The molecule has 0 atom stereocenters. The minimum absolute atomic E-state index is 0.588. The Labute approximate surface area is 231 Å². The highest BCUT2D eigenvalue weighted by Crippen LogP contribution is 2.45. The van der Waals surface area contributed by atoms with E-state index in [4.69, 9.17) is 18.6 Å². The maximum absolute atomic E-state index is 5.96. The summed E-state index contributed by atoms with van der Waals surface area (Å²) in [5.41, 5.74) is 7.47. The number of methoxy groups -OCH3 is 3. The zero-order chi connectivity index (χ0) is 25.9. The van der Waals surface area contributed by atoms with Gasteiger partial charge in [-0.15, -0.1) is 0 Å². The van der Waals surface area contributed by atoms with E-state index in [2.05, 4.69) is 76.0 Å². The Morgan fingerprint density at radius 1 is 0.865 bits per heavy atom. The SMILES string of the molecule is COC1=CC=CC(=[O+]C)/C1=C1/Cc2c(OC)cccc2N(c2ccc(I)cc2)Cc2cccc(OC)c21. The number of rotatable bonds is 4. The average Bonchev–Trinajstić information content (AvgIpc) is 2.93. The lowest BCUT2D eigenvalue weighted by Crippen LogP contribution is -2.23. The molecule has 1 aliphatic carbocycles. The molecule has 37 heavy (non-hydrogen) atoms. The van der Waals surface area contributed by atoms with Gasteiger partial charge in [-0.25, -0.2) is 0 Å². The van der Waals surface area contributed by atoms with Crippen molar-refractivity contribution < 1.29 is 18.6 Å².